The molecule has 2 atom stereocenters. The molecule has 1 aliphatic carbocycles. The minimum atomic E-state index is -4.45. The Morgan fingerprint density at radius 3 is 2.61 bits per heavy atom. The number of benzene rings is 1. The lowest BCUT2D eigenvalue weighted by atomic mass is 9.91. The molecule has 23 heavy (non-hydrogen) atoms. The van der Waals surface area contributed by atoms with Gasteiger partial charge in [-0.1, -0.05) is 18.2 Å². The summed E-state index contributed by atoms with van der Waals surface area (Å²) < 4.78 is 39.1. The van der Waals surface area contributed by atoms with Gasteiger partial charge >= 0.3 is 6.18 Å². The largest absolute Gasteiger partial charge is 0.433 e. The van der Waals surface area contributed by atoms with E-state index < -0.39 is 11.9 Å². The van der Waals surface area contributed by atoms with Gasteiger partial charge in [0.15, 0.2) is 0 Å². The lowest BCUT2D eigenvalue weighted by Gasteiger charge is -2.28. The van der Waals surface area contributed by atoms with Crippen LogP contribution in [0.25, 0.3) is 10.9 Å². The first-order valence-electron chi connectivity index (χ1n) is 7.42. The van der Waals surface area contributed by atoms with E-state index in [4.69, 9.17) is 5.73 Å². The molecule has 0 spiro atoms. The Bertz CT molecular complexity index is 675. The fraction of sp³-hybridized carbons (Fsp3) is 0.438. The van der Waals surface area contributed by atoms with Gasteiger partial charge in [0.05, 0.1) is 5.52 Å². The third kappa shape index (κ3) is 4.06. The average molecular weight is 346 g/mol. The Balaban J connectivity index is 0.00000192. The van der Waals surface area contributed by atoms with Crippen LogP contribution in [0.1, 0.15) is 31.4 Å². The molecule has 126 valence electrons. The van der Waals surface area contributed by atoms with Gasteiger partial charge in [0.1, 0.15) is 5.69 Å². The van der Waals surface area contributed by atoms with Gasteiger partial charge in [0, 0.05) is 23.2 Å². The highest BCUT2D eigenvalue weighted by atomic mass is 35.5. The molecule has 3 N–H and O–H groups in total. The molecular formula is C16H19ClF3N3. The lowest BCUT2D eigenvalue weighted by Crippen LogP contribution is -2.35. The highest BCUT2D eigenvalue weighted by molar-refractivity contribution is 5.91. The van der Waals surface area contributed by atoms with Crippen LogP contribution >= 0.6 is 12.4 Å². The summed E-state index contributed by atoms with van der Waals surface area (Å²) >= 11 is 0. The Labute approximate surface area is 138 Å². The summed E-state index contributed by atoms with van der Waals surface area (Å²) in [7, 11) is 0. The number of fused-ring (bicyclic) bond motifs is 1. The van der Waals surface area contributed by atoms with E-state index in [1.54, 1.807) is 24.3 Å². The van der Waals surface area contributed by atoms with Crippen molar-refractivity contribution in [3.63, 3.8) is 0 Å². The highest BCUT2D eigenvalue weighted by Gasteiger charge is 2.33. The predicted molar refractivity (Wildman–Crippen MR) is 87.8 cm³/mol. The van der Waals surface area contributed by atoms with Gasteiger partial charge in [-0.15, -0.1) is 12.4 Å². The van der Waals surface area contributed by atoms with E-state index in [1.165, 1.54) is 0 Å². The topological polar surface area (TPSA) is 50.9 Å². The molecule has 3 rings (SSSR count). The van der Waals surface area contributed by atoms with Gasteiger partial charge in [-0.05, 0) is 37.8 Å². The van der Waals surface area contributed by atoms with Gasteiger partial charge in [0.2, 0.25) is 0 Å². The summed E-state index contributed by atoms with van der Waals surface area (Å²) in [6.07, 6.45) is -0.788. The normalized spacial score (nSPS) is 21.7. The van der Waals surface area contributed by atoms with E-state index in [2.05, 4.69) is 10.3 Å². The van der Waals surface area contributed by atoms with Gasteiger partial charge in [-0.25, -0.2) is 4.98 Å². The zero-order chi connectivity index (χ0) is 15.7. The number of nitrogens with one attached hydrogen (secondary N) is 1. The van der Waals surface area contributed by atoms with E-state index in [0.29, 0.717) is 16.6 Å². The molecule has 0 aliphatic heterocycles. The number of aromatic nitrogens is 1. The molecule has 0 amide bonds. The van der Waals surface area contributed by atoms with Crippen molar-refractivity contribution in [2.24, 2.45) is 5.73 Å². The fourth-order valence-electron chi connectivity index (χ4n) is 3.02. The first-order chi connectivity index (χ1) is 10.4. The van der Waals surface area contributed by atoms with Crippen molar-refractivity contribution < 1.29 is 13.2 Å². The van der Waals surface area contributed by atoms with Crippen molar-refractivity contribution in [3.05, 3.63) is 36.0 Å². The van der Waals surface area contributed by atoms with Crippen molar-refractivity contribution in [2.45, 2.75) is 43.9 Å². The molecule has 1 saturated carbocycles. The van der Waals surface area contributed by atoms with Gasteiger partial charge in [0.25, 0.3) is 0 Å². The maximum atomic E-state index is 13.0. The number of nitrogens with two attached hydrogens (primary N) is 1. The second-order valence-electron chi connectivity index (χ2n) is 5.84. The number of nitrogens with zero attached hydrogens (tertiary/aromatic N) is 1. The summed E-state index contributed by atoms with van der Waals surface area (Å²) in [5, 5.41) is 3.95. The third-order valence-corrected chi connectivity index (χ3v) is 4.08. The fourth-order valence-corrected chi connectivity index (χ4v) is 3.02. The van der Waals surface area contributed by atoms with Crippen LogP contribution in [-0.2, 0) is 6.18 Å². The monoisotopic (exact) mass is 345 g/mol. The molecule has 1 unspecified atom stereocenters. The first kappa shape index (κ1) is 17.8. The Kier molecular flexibility index (Phi) is 5.37. The number of para-hydroxylation sites is 1. The van der Waals surface area contributed by atoms with Crippen LogP contribution in [0, 0.1) is 0 Å². The summed E-state index contributed by atoms with van der Waals surface area (Å²) in [4.78, 5) is 3.73. The standard InChI is InChI=1S/C16H18F3N3.ClH/c17-16(18,19)15-9-14(12-6-1-2-7-13(12)22-15)21-11-5-3-4-10(20)8-11;/h1-2,6-7,9-11H,3-5,8,20H2,(H,21,22);1H/t10?,11-;/m1./s1. The minimum absolute atomic E-state index is 0. The van der Waals surface area contributed by atoms with Gasteiger partial charge in [-0.3, -0.25) is 0 Å². The SMILES string of the molecule is Cl.NC1CCC[C@@H](Nc2cc(C(F)(F)F)nc3ccccc23)C1. The second-order valence-corrected chi connectivity index (χ2v) is 5.84. The molecule has 2 aromatic rings. The van der Waals surface area contributed by atoms with Crippen LogP contribution in [0.4, 0.5) is 18.9 Å². The molecule has 1 fully saturated rings. The Morgan fingerprint density at radius 1 is 1.17 bits per heavy atom. The molecule has 0 bridgehead atoms. The predicted octanol–water partition coefficient (Wildman–Crippen LogP) is 4.36. The van der Waals surface area contributed by atoms with Crippen molar-refractivity contribution in [1.29, 1.82) is 0 Å². The van der Waals surface area contributed by atoms with Crippen LogP contribution in [-0.4, -0.2) is 17.1 Å². The minimum Gasteiger partial charge on any atom is -0.382 e. The van der Waals surface area contributed by atoms with Crippen LogP contribution in [0.2, 0.25) is 0 Å². The average Bonchev–Trinajstić information content (AvgIpc) is 2.46. The van der Waals surface area contributed by atoms with Crippen LogP contribution < -0.4 is 11.1 Å². The van der Waals surface area contributed by atoms with Gasteiger partial charge in [-0.2, -0.15) is 13.2 Å². The van der Waals surface area contributed by atoms with Gasteiger partial charge < -0.3 is 11.1 Å². The summed E-state index contributed by atoms with van der Waals surface area (Å²) in [6, 6.07) is 8.19. The lowest BCUT2D eigenvalue weighted by molar-refractivity contribution is -0.140. The third-order valence-electron chi connectivity index (χ3n) is 4.08. The number of rotatable bonds is 2. The van der Waals surface area contributed by atoms with E-state index in [-0.39, 0.29) is 24.5 Å². The molecule has 0 saturated heterocycles. The summed E-state index contributed by atoms with van der Waals surface area (Å²) in [6.45, 7) is 0. The smallest absolute Gasteiger partial charge is 0.382 e. The number of hydrogen-bond donors (Lipinski definition) is 2. The zero-order valence-electron chi connectivity index (χ0n) is 12.4. The highest BCUT2D eigenvalue weighted by Crippen LogP contribution is 2.34. The number of halogens is 4. The van der Waals surface area contributed by atoms with Crippen LogP contribution in [0.15, 0.2) is 30.3 Å². The van der Waals surface area contributed by atoms with Crippen LogP contribution in [0.3, 0.4) is 0 Å². The van der Waals surface area contributed by atoms with Crippen molar-refractivity contribution in [2.75, 3.05) is 5.32 Å². The van der Waals surface area contributed by atoms with E-state index >= 15 is 0 Å². The summed E-state index contributed by atoms with van der Waals surface area (Å²) in [5.41, 5.74) is 5.92. The zero-order valence-corrected chi connectivity index (χ0v) is 13.3. The molecule has 1 aliphatic rings. The second kappa shape index (κ2) is 6.93. The van der Waals surface area contributed by atoms with Crippen LogP contribution in [0.5, 0.6) is 0 Å². The first-order valence-corrected chi connectivity index (χ1v) is 7.42. The number of anilines is 1. The maximum Gasteiger partial charge on any atom is 0.433 e. The molecule has 1 heterocycles. The molecule has 1 aromatic carbocycles. The van der Waals surface area contributed by atoms with E-state index in [9.17, 15) is 13.2 Å². The van der Waals surface area contributed by atoms with Crippen molar-refractivity contribution >= 4 is 29.0 Å². The van der Waals surface area contributed by atoms with E-state index in [1.807, 2.05) is 0 Å². The number of pyridine rings is 1. The quantitative estimate of drug-likeness (QED) is 0.850. The molecule has 0 radical (unpaired) electrons. The Morgan fingerprint density at radius 2 is 1.91 bits per heavy atom. The number of alkyl halides is 3. The Hall–Kier alpha value is -1.53. The molecular weight excluding hydrogens is 327 g/mol. The number of hydrogen-bond acceptors (Lipinski definition) is 3. The molecule has 7 heteroatoms. The van der Waals surface area contributed by atoms with Crippen molar-refractivity contribution in [3.8, 4) is 0 Å². The molecule has 3 nitrogen and oxygen atoms in total. The maximum absolute atomic E-state index is 13.0. The summed E-state index contributed by atoms with van der Waals surface area (Å²) in [5.74, 6) is 0. The van der Waals surface area contributed by atoms with Crippen molar-refractivity contribution in [1.82, 2.24) is 4.98 Å². The molecule has 1 aromatic heterocycles. The van der Waals surface area contributed by atoms with E-state index in [0.717, 1.165) is 31.7 Å².